The maximum absolute atomic E-state index is 12.7. The lowest BCUT2D eigenvalue weighted by atomic mass is 10.1. The third kappa shape index (κ3) is 6.27. The van der Waals surface area contributed by atoms with Gasteiger partial charge in [-0.3, -0.25) is 4.79 Å². The first-order chi connectivity index (χ1) is 17.7. The Hall–Kier alpha value is -4.64. The van der Waals surface area contributed by atoms with Crippen LogP contribution >= 0.6 is 0 Å². The minimum Gasteiger partial charge on any atom is -0.494 e. The van der Waals surface area contributed by atoms with Gasteiger partial charge in [-0.25, -0.2) is 9.67 Å². The highest BCUT2D eigenvalue weighted by Crippen LogP contribution is 2.27. The molecule has 0 radical (unpaired) electrons. The van der Waals surface area contributed by atoms with Crippen LogP contribution in [0.5, 0.6) is 5.75 Å². The van der Waals surface area contributed by atoms with Gasteiger partial charge in [0.2, 0.25) is 0 Å². The van der Waals surface area contributed by atoms with Crippen LogP contribution in [-0.2, 0) is 11.3 Å². The molecule has 0 spiro atoms. The summed E-state index contributed by atoms with van der Waals surface area (Å²) in [6, 6.07) is 19.4. The zero-order valence-corrected chi connectivity index (χ0v) is 20.2. The summed E-state index contributed by atoms with van der Waals surface area (Å²) in [4.78, 5) is 16.8. The second-order valence-corrected chi connectivity index (χ2v) is 8.17. The molecule has 8 heteroatoms. The number of rotatable bonds is 11. The van der Waals surface area contributed by atoms with Crippen LogP contribution < -0.4 is 10.1 Å². The molecule has 2 aromatic carbocycles. The largest absolute Gasteiger partial charge is 0.494 e. The minimum atomic E-state index is -0.412. The van der Waals surface area contributed by atoms with Gasteiger partial charge in [0.15, 0.2) is 0 Å². The summed E-state index contributed by atoms with van der Waals surface area (Å²) in [7, 11) is 0. The highest BCUT2D eigenvalue weighted by molar-refractivity contribution is 6.02. The molecular weight excluding hydrogens is 452 g/mol. The zero-order valence-electron chi connectivity index (χ0n) is 20.2. The van der Waals surface area contributed by atoms with E-state index in [1.807, 2.05) is 77.6 Å². The van der Waals surface area contributed by atoms with Crippen LogP contribution in [0, 0.1) is 11.3 Å². The van der Waals surface area contributed by atoms with Crippen molar-refractivity contribution in [3.05, 3.63) is 90.7 Å². The van der Waals surface area contributed by atoms with Crippen molar-refractivity contribution in [2.75, 3.05) is 13.2 Å². The summed E-state index contributed by atoms with van der Waals surface area (Å²) in [5.74, 6) is 0.373. The van der Waals surface area contributed by atoms with Crippen LogP contribution in [-0.4, -0.2) is 38.4 Å². The quantitative estimate of drug-likeness (QED) is 0.192. The van der Waals surface area contributed by atoms with Crippen molar-refractivity contribution in [1.82, 2.24) is 24.6 Å². The van der Waals surface area contributed by atoms with Crippen molar-refractivity contribution in [1.29, 1.82) is 5.26 Å². The van der Waals surface area contributed by atoms with Crippen LogP contribution in [0.25, 0.3) is 23.0 Å². The topological polar surface area (TPSA) is 97.8 Å². The van der Waals surface area contributed by atoms with Gasteiger partial charge in [-0.1, -0.05) is 25.1 Å². The summed E-state index contributed by atoms with van der Waals surface area (Å²) in [5.41, 5.74) is 3.10. The van der Waals surface area contributed by atoms with Crippen LogP contribution in [0.15, 0.2) is 85.1 Å². The fourth-order valence-electron chi connectivity index (χ4n) is 3.64. The summed E-state index contributed by atoms with van der Waals surface area (Å²) >= 11 is 0. The standard InChI is InChI=1S/C28H28N6O2/c1-2-17-36-26-11-9-22(10-12-26)27-24(20-34(32-27)25-7-4-3-5-8-25)18-23(19-29)28(35)31-13-6-15-33-16-14-30-21-33/h3-5,7-12,14,16,18,20-21H,2,6,13,15,17H2,1H3,(H,31,35). The fraction of sp³-hybridized carbons (Fsp3) is 0.214. The van der Waals surface area contributed by atoms with E-state index in [4.69, 9.17) is 9.84 Å². The zero-order chi connectivity index (χ0) is 25.2. The number of benzene rings is 2. The molecule has 0 unspecified atom stereocenters. The molecule has 0 aliphatic carbocycles. The number of carbonyl (C=O) groups is 1. The highest BCUT2D eigenvalue weighted by Gasteiger charge is 2.15. The molecule has 36 heavy (non-hydrogen) atoms. The number of aryl methyl sites for hydroxylation is 1. The lowest BCUT2D eigenvalue weighted by Gasteiger charge is -2.06. The Kier molecular flexibility index (Phi) is 8.28. The van der Waals surface area contributed by atoms with E-state index < -0.39 is 5.91 Å². The predicted octanol–water partition coefficient (Wildman–Crippen LogP) is 4.64. The normalized spacial score (nSPS) is 11.2. The molecule has 2 aromatic heterocycles. The van der Waals surface area contributed by atoms with E-state index in [0.29, 0.717) is 24.4 Å². The monoisotopic (exact) mass is 480 g/mol. The maximum atomic E-state index is 12.7. The van der Waals surface area contributed by atoms with Gasteiger partial charge in [0, 0.05) is 42.8 Å². The first-order valence-corrected chi connectivity index (χ1v) is 11.9. The van der Waals surface area contributed by atoms with Crippen molar-refractivity contribution in [3.8, 4) is 28.8 Å². The molecule has 0 saturated heterocycles. The number of amides is 1. The first-order valence-electron chi connectivity index (χ1n) is 11.9. The van der Waals surface area contributed by atoms with Gasteiger partial charge in [0.25, 0.3) is 5.91 Å². The van der Waals surface area contributed by atoms with Crippen LogP contribution in [0.1, 0.15) is 25.3 Å². The van der Waals surface area contributed by atoms with Crippen molar-refractivity contribution in [2.24, 2.45) is 0 Å². The van der Waals surface area contributed by atoms with Gasteiger partial charge in [0.05, 0.1) is 24.3 Å². The summed E-state index contributed by atoms with van der Waals surface area (Å²) < 4.78 is 9.39. The summed E-state index contributed by atoms with van der Waals surface area (Å²) in [6.45, 7) is 3.90. The van der Waals surface area contributed by atoms with E-state index in [2.05, 4.69) is 17.2 Å². The number of nitrogens with one attached hydrogen (secondary N) is 1. The van der Waals surface area contributed by atoms with Crippen LogP contribution in [0.3, 0.4) is 0 Å². The average Bonchev–Trinajstić information content (AvgIpc) is 3.59. The van der Waals surface area contributed by atoms with Gasteiger partial charge < -0.3 is 14.6 Å². The molecular formula is C28H28N6O2. The molecule has 182 valence electrons. The number of ether oxygens (including phenoxy) is 1. The summed E-state index contributed by atoms with van der Waals surface area (Å²) in [6.07, 6.45) is 10.4. The Morgan fingerprint density at radius 1 is 1.17 bits per heavy atom. The van der Waals surface area contributed by atoms with E-state index >= 15 is 0 Å². The predicted molar refractivity (Wildman–Crippen MR) is 138 cm³/mol. The van der Waals surface area contributed by atoms with E-state index in [1.54, 1.807) is 23.3 Å². The number of para-hydroxylation sites is 1. The lowest BCUT2D eigenvalue weighted by molar-refractivity contribution is -0.117. The Balaban J connectivity index is 1.57. The van der Waals surface area contributed by atoms with Crippen LogP contribution in [0.2, 0.25) is 0 Å². The van der Waals surface area contributed by atoms with E-state index in [9.17, 15) is 10.1 Å². The molecule has 0 atom stereocenters. The second kappa shape index (κ2) is 12.2. The van der Waals surface area contributed by atoms with Gasteiger partial charge in [-0.05, 0) is 55.3 Å². The van der Waals surface area contributed by atoms with E-state index in [0.717, 1.165) is 36.4 Å². The van der Waals surface area contributed by atoms with Crippen molar-refractivity contribution in [3.63, 3.8) is 0 Å². The Labute approximate surface area is 210 Å². The number of imidazole rings is 1. The highest BCUT2D eigenvalue weighted by atomic mass is 16.5. The fourth-order valence-corrected chi connectivity index (χ4v) is 3.64. The number of nitriles is 1. The molecule has 0 saturated carbocycles. The van der Waals surface area contributed by atoms with Crippen molar-refractivity contribution < 1.29 is 9.53 Å². The first kappa shape index (κ1) is 24.5. The molecule has 0 aliphatic heterocycles. The number of hydrogen-bond acceptors (Lipinski definition) is 5. The molecule has 1 N–H and O–H groups in total. The number of hydrogen-bond donors (Lipinski definition) is 1. The van der Waals surface area contributed by atoms with Gasteiger partial charge in [0.1, 0.15) is 17.4 Å². The molecule has 0 bridgehead atoms. The lowest BCUT2D eigenvalue weighted by Crippen LogP contribution is -2.26. The average molecular weight is 481 g/mol. The smallest absolute Gasteiger partial charge is 0.261 e. The number of carbonyl (C=O) groups excluding carboxylic acids is 1. The molecule has 4 aromatic rings. The summed E-state index contributed by atoms with van der Waals surface area (Å²) in [5, 5.41) is 17.3. The SMILES string of the molecule is CCCOc1ccc(-c2nn(-c3ccccc3)cc2C=C(C#N)C(=O)NCCCn2ccnc2)cc1. The molecule has 8 nitrogen and oxygen atoms in total. The minimum absolute atomic E-state index is 0.0226. The van der Waals surface area contributed by atoms with Crippen LogP contribution in [0.4, 0.5) is 0 Å². The second-order valence-electron chi connectivity index (χ2n) is 8.17. The van der Waals surface area contributed by atoms with Gasteiger partial charge in [-0.2, -0.15) is 10.4 Å². The third-order valence-electron chi connectivity index (χ3n) is 5.47. The Bertz CT molecular complexity index is 1330. The Morgan fingerprint density at radius 2 is 1.97 bits per heavy atom. The van der Waals surface area contributed by atoms with Crippen molar-refractivity contribution in [2.45, 2.75) is 26.3 Å². The number of aromatic nitrogens is 4. The van der Waals surface area contributed by atoms with Crippen molar-refractivity contribution >= 4 is 12.0 Å². The Morgan fingerprint density at radius 3 is 2.67 bits per heavy atom. The van der Waals surface area contributed by atoms with Gasteiger partial charge in [-0.15, -0.1) is 0 Å². The van der Waals surface area contributed by atoms with Gasteiger partial charge >= 0.3 is 0 Å². The molecule has 0 aliphatic rings. The van der Waals surface area contributed by atoms with E-state index in [-0.39, 0.29) is 5.57 Å². The molecule has 2 heterocycles. The maximum Gasteiger partial charge on any atom is 0.261 e. The number of nitrogens with zero attached hydrogens (tertiary/aromatic N) is 5. The molecule has 0 fully saturated rings. The molecule has 4 rings (SSSR count). The molecule has 1 amide bonds. The third-order valence-corrected chi connectivity index (χ3v) is 5.47. The van der Waals surface area contributed by atoms with E-state index in [1.165, 1.54) is 0 Å².